The average Bonchev–Trinajstić information content (AvgIpc) is 2.13. The smallest absolute Gasteiger partial charge is 0.239 e. The van der Waals surface area contributed by atoms with Gasteiger partial charge < -0.3 is 5.32 Å². The number of halogens is 2. The second kappa shape index (κ2) is 4.81. The number of nitrogens with one attached hydrogen (secondary N) is 1. The third-order valence-corrected chi connectivity index (χ3v) is 3.07. The molecule has 13 heavy (non-hydrogen) atoms. The fourth-order valence-corrected chi connectivity index (χ4v) is 1.49. The lowest BCUT2D eigenvalue weighted by molar-refractivity contribution is -0.113. The van der Waals surface area contributed by atoms with Crippen molar-refractivity contribution in [2.24, 2.45) is 0 Å². The number of hydrogen-bond donors (Lipinski definition) is 1. The molecule has 70 valence electrons. The lowest BCUT2D eigenvalue weighted by Crippen LogP contribution is -2.13. The Bertz CT molecular complexity index is 327. The number of alkyl halides is 1. The Morgan fingerprint density at radius 2 is 2.31 bits per heavy atom. The lowest BCUT2D eigenvalue weighted by Gasteiger charge is -2.07. The van der Waals surface area contributed by atoms with Crippen LogP contribution in [0.4, 0.5) is 5.69 Å². The molecule has 1 N–H and O–H groups in total. The molecule has 0 saturated heterocycles. The van der Waals surface area contributed by atoms with Crippen LogP contribution in [-0.4, -0.2) is 11.8 Å². The van der Waals surface area contributed by atoms with Gasteiger partial charge in [-0.25, -0.2) is 0 Å². The van der Waals surface area contributed by atoms with E-state index < -0.39 is 0 Å². The van der Waals surface area contributed by atoms with Crippen LogP contribution in [0.2, 0.25) is 0 Å². The van der Waals surface area contributed by atoms with Crippen molar-refractivity contribution in [3.63, 3.8) is 0 Å². The highest BCUT2D eigenvalue weighted by atomic mass is 127. The van der Waals surface area contributed by atoms with E-state index in [1.807, 2.05) is 25.1 Å². The summed E-state index contributed by atoms with van der Waals surface area (Å²) in [5.74, 6) is -0.183. The Balaban J connectivity index is 2.89. The molecule has 0 aliphatic heterocycles. The molecule has 0 aromatic heterocycles. The lowest BCUT2D eigenvalue weighted by atomic mass is 10.2. The quantitative estimate of drug-likeness (QED) is 0.660. The van der Waals surface area contributed by atoms with Crippen LogP contribution in [0.1, 0.15) is 5.56 Å². The SMILES string of the molecule is Cc1c(I)cccc1NC(=O)CCl. The van der Waals surface area contributed by atoms with E-state index in [1.54, 1.807) is 0 Å². The molecular weight excluding hydrogens is 300 g/mol. The molecule has 0 bridgehead atoms. The van der Waals surface area contributed by atoms with Crippen molar-refractivity contribution in [2.75, 3.05) is 11.2 Å². The van der Waals surface area contributed by atoms with E-state index in [-0.39, 0.29) is 11.8 Å². The van der Waals surface area contributed by atoms with Crippen molar-refractivity contribution in [3.8, 4) is 0 Å². The Morgan fingerprint density at radius 3 is 2.92 bits per heavy atom. The molecular formula is C9H9ClINO. The highest BCUT2D eigenvalue weighted by molar-refractivity contribution is 14.1. The summed E-state index contributed by atoms with van der Waals surface area (Å²) >= 11 is 7.60. The second-order valence-electron chi connectivity index (χ2n) is 2.59. The number of benzene rings is 1. The minimum Gasteiger partial charge on any atom is -0.325 e. The summed E-state index contributed by atoms with van der Waals surface area (Å²) in [6.45, 7) is 1.96. The summed E-state index contributed by atoms with van der Waals surface area (Å²) in [6.07, 6.45) is 0. The first kappa shape index (κ1) is 10.8. The molecule has 0 unspecified atom stereocenters. The van der Waals surface area contributed by atoms with Crippen molar-refractivity contribution in [1.29, 1.82) is 0 Å². The van der Waals surface area contributed by atoms with Gasteiger partial charge >= 0.3 is 0 Å². The zero-order chi connectivity index (χ0) is 9.84. The number of anilines is 1. The summed E-state index contributed by atoms with van der Waals surface area (Å²) < 4.78 is 1.13. The van der Waals surface area contributed by atoms with Gasteiger partial charge in [-0.1, -0.05) is 6.07 Å². The largest absolute Gasteiger partial charge is 0.325 e. The van der Waals surface area contributed by atoms with Crippen LogP contribution in [0.25, 0.3) is 0 Å². The molecule has 1 rings (SSSR count). The number of carbonyl (C=O) groups excluding carboxylic acids is 1. The standard InChI is InChI=1S/C9H9ClINO/c1-6-7(11)3-2-4-8(6)12-9(13)5-10/h2-4H,5H2,1H3,(H,12,13). The molecule has 0 atom stereocenters. The van der Waals surface area contributed by atoms with Gasteiger partial charge in [0.2, 0.25) is 5.91 Å². The molecule has 2 nitrogen and oxygen atoms in total. The molecule has 0 saturated carbocycles. The third-order valence-electron chi connectivity index (χ3n) is 1.66. The zero-order valence-electron chi connectivity index (χ0n) is 7.10. The molecule has 0 aliphatic carbocycles. The topological polar surface area (TPSA) is 29.1 Å². The van der Waals surface area contributed by atoms with Crippen LogP contribution < -0.4 is 5.32 Å². The van der Waals surface area contributed by atoms with Gasteiger partial charge in [-0.15, -0.1) is 11.6 Å². The van der Waals surface area contributed by atoms with Crippen LogP contribution in [0, 0.1) is 10.5 Å². The van der Waals surface area contributed by atoms with Gasteiger partial charge in [-0.3, -0.25) is 4.79 Å². The molecule has 4 heteroatoms. The van der Waals surface area contributed by atoms with E-state index in [0.29, 0.717) is 0 Å². The highest BCUT2D eigenvalue weighted by Crippen LogP contribution is 2.20. The molecule has 0 heterocycles. The van der Waals surface area contributed by atoms with E-state index in [0.717, 1.165) is 14.8 Å². The van der Waals surface area contributed by atoms with Crippen LogP contribution in [0.15, 0.2) is 18.2 Å². The van der Waals surface area contributed by atoms with Crippen LogP contribution in [0.5, 0.6) is 0 Å². The fraction of sp³-hybridized carbons (Fsp3) is 0.222. The van der Waals surface area contributed by atoms with Gasteiger partial charge in [0.15, 0.2) is 0 Å². The van der Waals surface area contributed by atoms with E-state index in [2.05, 4.69) is 27.9 Å². The third kappa shape index (κ3) is 2.84. The van der Waals surface area contributed by atoms with Crippen molar-refractivity contribution in [3.05, 3.63) is 27.3 Å². The van der Waals surface area contributed by atoms with Crippen molar-refractivity contribution in [1.82, 2.24) is 0 Å². The van der Waals surface area contributed by atoms with Crippen molar-refractivity contribution >= 4 is 45.8 Å². The summed E-state index contributed by atoms with van der Waals surface area (Å²) in [5.41, 5.74) is 1.90. The first-order valence-corrected chi connectivity index (χ1v) is 5.37. The van der Waals surface area contributed by atoms with E-state index >= 15 is 0 Å². The predicted molar refractivity (Wildman–Crippen MR) is 63.2 cm³/mol. The summed E-state index contributed by atoms with van der Waals surface area (Å²) in [4.78, 5) is 11.0. The zero-order valence-corrected chi connectivity index (χ0v) is 10.0. The Hall–Kier alpha value is -0.290. The van der Waals surface area contributed by atoms with Gasteiger partial charge in [0.25, 0.3) is 0 Å². The molecule has 0 fully saturated rings. The van der Waals surface area contributed by atoms with Gasteiger partial charge in [-0.05, 0) is 47.2 Å². The molecule has 0 aliphatic rings. The Morgan fingerprint density at radius 1 is 1.62 bits per heavy atom. The molecule has 1 aromatic rings. The maximum Gasteiger partial charge on any atom is 0.239 e. The minimum atomic E-state index is -0.174. The first-order chi connectivity index (χ1) is 6.15. The van der Waals surface area contributed by atoms with Crippen LogP contribution >= 0.6 is 34.2 Å². The molecule has 0 spiro atoms. The molecule has 1 aromatic carbocycles. The number of carbonyl (C=O) groups is 1. The Kier molecular flexibility index (Phi) is 3.99. The van der Waals surface area contributed by atoms with E-state index in [1.165, 1.54) is 0 Å². The maximum atomic E-state index is 11.0. The first-order valence-electron chi connectivity index (χ1n) is 3.76. The number of hydrogen-bond acceptors (Lipinski definition) is 1. The summed E-state index contributed by atoms with van der Waals surface area (Å²) in [5, 5.41) is 2.73. The van der Waals surface area contributed by atoms with Gasteiger partial charge in [-0.2, -0.15) is 0 Å². The maximum absolute atomic E-state index is 11.0. The average molecular weight is 310 g/mol. The van der Waals surface area contributed by atoms with Crippen molar-refractivity contribution in [2.45, 2.75) is 6.92 Å². The van der Waals surface area contributed by atoms with Crippen LogP contribution in [-0.2, 0) is 4.79 Å². The summed E-state index contributed by atoms with van der Waals surface area (Å²) in [7, 11) is 0. The van der Waals surface area contributed by atoms with Gasteiger partial charge in [0, 0.05) is 9.26 Å². The number of amides is 1. The highest BCUT2D eigenvalue weighted by Gasteiger charge is 2.04. The Labute approximate surface area is 95.8 Å². The normalized spacial score (nSPS) is 9.77. The number of rotatable bonds is 2. The minimum absolute atomic E-state index is 0.00901. The van der Waals surface area contributed by atoms with E-state index in [9.17, 15) is 4.79 Å². The van der Waals surface area contributed by atoms with Gasteiger partial charge in [0.05, 0.1) is 0 Å². The van der Waals surface area contributed by atoms with Crippen molar-refractivity contribution < 1.29 is 4.79 Å². The van der Waals surface area contributed by atoms with E-state index in [4.69, 9.17) is 11.6 Å². The van der Waals surface area contributed by atoms with Crippen LogP contribution in [0.3, 0.4) is 0 Å². The molecule has 1 amide bonds. The monoisotopic (exact) mass is 309 g/mol. The molecule has 0 radical (unpaired) electrons. The van der Waals surface area contributed by atoms with Gasteiger partial charge in [0.1, 0.15) is 5.88 Å². The summed E-state index contributed by atoms with van der Waals surface area (Å²) in [6, 6.07) is 5.76. The fourth-order valence-electron chi connectivity index (χ4n) is 0.926. The predicted octanol–water partition coefficient (Wildman–Crippen LogP) is 2.78. The second-order valence-corrected chi connectivity index (χ2v) is 4.02.